The van der Waals surface area contributed by atoms with Gasteiger partial charge in [-0.3, -0.25) is 0 Å². The van der Waals surface area contributed by atoms with Crippen molar-refractivity contribution >= 4 is 35.0 Å². The molecule has 0 heterocycles. The number of halogens is 2. The maximum absolute atomic E-state index is 5.90. The first-order valence-corrected chi connectivity index (χ1v) is 5.05. The molecular formula is C8H8Cl2OS. The molecule has 0 bridgehead atoms. The van der Waals surface area contributed by atoms with Crippen molar-refractivity contribution in [2.24, 2.45) is 0 Å². The van der Waals surface area contributed by atoms with Crippen LogP contribution in [0, 0.1) is 0 Å². The smallest absolute Gasteiger partial charge is 0.0964 e. The van der Waals surface area contributed by atoms with Crippen molar-refractivity contribution in [2.75, 3.05) is 13.0 Å². The average molecular weight is 223 g/mol. The molecule has 4 heteroatoms. The molecule has 0 atom stereocenters. The predicted octanol–water partition coefficient (Wildman–Crippen LogP) is 3.69. The van der Waals surface area contributed by atoms with Crippen molar-refractivity contribution < 1.29 is 4.74 Å². The number of hydrogen-bond acceptors (Lipinski definition) is 2. The van der Waals surface area contributed by atoms with Crippen molar-refractivity contribution in [3.8, 4) is 0 Å². The zero-order valence-corrected chi connectivity index (χ0v) is 8.84. The summed E-state index contributed by atoms with van der Waals surface area (Å²) < 4.78 is 4.90. The van der Waals surface area contributed by atoms with E-state index in [-0.39, 0.29) is 0 Å². The van der Waals surface area contributed by atoms with E-state index in [0.29, 0.717) is 16.0 Å². The zero-order chi connectivity index (χ0) is 8.97. The summed E-state index contributed by atoms with van der Waals surface area (Å²) in [7, 11) is 1.64. The van der Waals surface area contributed by atoms with Gasteiger partial charge in [0.2, 0.25) is 0 Å². The number of ether oxygens (including phenoxy) is 1. The minimum atomic E-state index is 0.559. The maximum atomic E-state index is 5.90. The molecule has 0 spiro atoms. The third kappa shape index (κ3) is 2.56. The fourth-order valence-electron chi connectivity index (χ4n) is 0.738. The van der Waals surface area contributed by atoms with Gasteiger partial charge in [-0.15, -0.1) is 0 Å². The molecule has 0 aliphatic carbocycles. The van der Waals surface area contributed by atoms with Crippen LogP contribution in [0.1, 0.15) is 0 Å². The largest absolute Gasteiger partial charge is 0.374 e. The van der Waals surface area contributed by atoms with Gasteiger partial charge >= 0.3 is 0 Å². The molecule has 1 aromatic rings. The Kier molecular flexibility index (Phi) is 4.22. The van der Waals surface area contributed by atoms with E-state index in [2.05, 4.69) is 0 Å². The molecule has 0 saturated heterocycles. The monoisotopic (exact) mass is 222 g/mol. The molecule has 0 aromatic heterocycles. The molecule has 12 heavy (non-hydrogen) atoms. The number of thioether (sulfide) groups is 1. The van der Waals surface area contributed by atoms with Crippen molar-refractivity contribution in [3.63, 3.8) is 0 Å². The van der Waals surface area contributed by atoms with Crippen molar-refractivity contribution in [3.05, 3.63) is 28.2 Å². The Bertz CT molecular complexity index is 245. The predicted molar refractivity (Wildman–Crippen MR) is 54.2 cm³/mol. The van der Waals surface area contributed by atoms with Crippen LogP contribution in [0.5, 0.6) is 0 Å². The van der Waals surface area contributed by atoms with Crippen molar-refractivity contribution in [2.45, 2.75) is 4.90 Å². The minimum Gasteiger partial charge on any atom is -0.374 e. The first-order valence-electron chi connectivity index (χ1n) is 3.31. The van der Waals surface area contributed by atoms with Gasteiger partial charge in [0.05, 0.1) is 16.0 Å². The summed E-state index contributed by atoms with van der Waals surface area (Å²) in [5, 5.41) is 1.34. The Hall–Kier alpha value is 0.110. The van der Waals surface area contributed by atoms with E-state index in [1.54, 1.807) is 7.11 Å². The second-order valence-electron chi connectivity index (χ2n) is 2.10. The highest BCUT2D eigenvalue weighted by Gasteiger charge is 2.04. The molecule has 0 N–H and O–H groups in total. The highest BCUT2D eigenvalue weighted by molar-refractivity contribution is 7.99. The lowest BCUT2D eigenvalue weighted by atomic mass is 10.4. The standard InChI is InChI=1S/C8H8Cl2OS/c1-11-5-12-8-6(9)3-2-4-7(8)10/h2-4H,5H2,1H3. The van der Waals surface area contributed by atoms with E-state index >= 15 is 0 Å². The lowest BCUT2D eigenvalue weighted by Gasteiger charge is -2.04. The lowest BCUT2D eigenvalue weighted by Crippen LogP contribution is -1.83. The summed E-state index contributed by atoms with van der Waals surface area (Å²) in [6.45, 7) is 0. The molecule has 0 radical (unpaired) electrons. The van der Waals surface area contributed by atoms with Crippen LogP contribution in [0.3, 0.4) is 0 Å². The summed E-state index contributed by atoms with van der Waals surface area (Å²) in [4.78, 5) is 0.877. The highest BCUT2D eigenvalue weighted by atomic mass is 35.5. The van der Waals surface area contributed by atoms with Crippen LogP contribution < -0.4 is 0 Å². The van der Waals surface area contributed by atoms with Gasteiger partial charge in [0.1, 0.15) is 0 Å². The molecule has 1 aromatic carbocycles. The first-order chi connectivity index (χ1) is 5.75. The summed E-state index contributed by atoms with van der Waals surface area (Å²) in [6, 6.07) is 5.44. The van der Waals surface area contributed by atoms with E-state index in [1.165, 1.54) is 11.8 Å². The first kappa shape index (κ1) is 10.2. The summed E-state index contributed by atoms with van der Waals surface area (Å²) >= 11 is 13.3. The molecule has 0 fully saturated rings. The van der Waals surface area contributed by atoms with E-state index in [4.69, 9.17) is 27.9 Å². The third-order valence-electron chi connectivity index (χ3n) is 1.24. The highest BCUT2D eigenvalue weighted by Crippen LogP contribution is 2.33. The average Bonchev–Trinajstić information content (AvgIpc) is 2.04. The van der Waals surface area contributed by atoms with Crippen molar-refractivity contribution in [1.29, 1.82) is 0 Å². The second-order valence-corrected chi connectivity index (χ2v) is 3.85. The van der Waals surface area contributed by atoms with Gasteiger partial charge in [-0.1, -0.05) is 41.0 Å². The summed E-state index contributed by atoms with van der Waals surface area (Å²) in [6.07, 6.45) is 0. The molecule has 0 amide bonds. The number of benzene rings is 1. The Morgan fingerprint density at radius 1 is 1.33 bits per heavy atom. The topological polar surface area (TPSA) is 9.23 Å². The molecule has 0 saturated carbocycles. The Morgan fingerprint density at radius 3 is 2.42 bits per heavy atom. The van der Waals surface area contributed by atoms with Crippen LogP contribution in [0.15, 0.2) is 23.1 Å². The van der Waals surface area contributed by atoms with Gasteiger partial charge in [0.15, 0.2) is 0 Å². The van der Waals surface area contributed by atoms with Gasteiger partial charge in [0.25, 0.3) is 0 Å². The Labute approximate surface area is 86.0 Å². The summed E-state index contributed by atoms with van der Waals surface area (Å²) in [5.74, 6) is 0.559. The fourth-order valence-corrected chi connectivity index (χ4v) is 2.11. The van der Waals surface area contributed by atoms with Gasteiger partial charge in [-0.2, -0.15) is 0 Å². The fraction of sp³-hybridized carbons (Fsp3) is 0.250. The number of hydrogen-bond donors (Lipinski definition) is 0. The Balaban J connectivity index is 2.81. The van der Waals surface area contributed by atoms with Gasteiger partial charge in [-0.25, -0.2) is 0 Å². The molecular weight excluding hydrogens is 215 g/mol. The maximum Gasteiger partial charge on any atom is 0.0964 e. The molecule has 66 valence electrons. The zero-order valence-electron chi connectivity index (χ0n) is 6.51. The van der Waals surface area contributed by atoms with E-state index in [0.717, 1.165) is 4.90 Å². The van der Waals surface area contributed by atoms with Crippen LogP contribution in [-0.2, 0) is 4.74 Å². The number of rotatable bonds is 3. The minimum absolute atomic E-state index is 0.559. The van der Waals surface area contributed by atoms with Gasteiger partial charge in [-0.05, 0) is 12.1 Å². The van der Waals surface area contributed by atoms with E-state index in [1.807, 2.05) is 18.2 Å². The van der Waals surface area contributed by atoms with Crippen LogP contribution in [0.25, 0.3) is 0 Å². The van der Waals surface area contributed by atoms with E-state index in [9.17, 15) is 0 Å². The number of methoxy groups -OCH3 is 1. The molecule has 1 rings (SSSR count). The van der Waals surface area contributed by atoms with Gasteiger partial charge in [0, 0.05) is 12.0 Å². The van der Waals surface area contributed by atoms with Gasteiger partial charge < -0.3 is 4.74 Å². The quantitative estimate of drug-likeness (QED) is 0.570. The molecule has 0 unspecified atom stereocenters. The SMILES string of the molecule is COCSc1c(Cl)cccc1Cl. The molecule has 0 aliphatic heterocycles. The normalized spacial score (nSPS) is 10.2. The molecule has 1 nitrogen and oxygen atoms in total. The summed E-state index contributed by atoms with van der Waals surface area (Å²) in [5.41, 5.74) is 0. The second kappa shape index (κ2) is 4.97. The van der Waals surface area contributed by atoms with Crippen LogP contribution in [0.4, 0.5) is 0 Å². The molecule has 0 aliphatic rings. The van der Waals surface area contributed by atoms with Crippen LogP contribution in [-0.4, -0.2) is 13.0 Å². The Morgan fingerprint density at radius 2 is 1.92 bits per heavy atom. The van der Waals surface area contributed by atoms with Crippen LogP contribution >= 0.6 is 35.0 Å². The van der Waals surface area contributed by atoms with Crippen LogP contribution in [0.2, 0.25) is 10.0 Å². The third-order valence-corrected chi connectivity index (χ3v) is 3.18. The van der Waals surface area contributed by atoms with Crippen molar-refractivity contribution in [1.82, 2.24) is 0 Å². The van der Waals surface area contributed by atoms with E-state index < -0.39 is 0 Å². The lowest BCUT2D eigenvalue weighted by molar-refractivity contribution is 0.259.